The number of carbonyl (C=O) groups excluding carboxylic acids is 3. The number of alkyl carbamates (subject to hydrolysis) is 1. The maximum Gasteiger partial charge on any atom is 0.408 e. The van der Waals surface area contributed by atoms with Gasteiger partial charge in [-0.2, -0.15) is 0 Å². The predicted octanol–water partition coefficient (Wildman–Crippen LogP) is 1.05. The molecular weight excluding hydrogens is 492 g/mol. The molecule has 214 valence electrons. The summed E-state index contributed by atoms with van der Waals surface area (Å²) in [7, 11) is 0. The molecule has 0 bridgehead atoms. The fourth-order valence-corrected chi connectivity index (χ4v) is 2.31. The highest BCUT2D eigenvalue weighted by molar-refractivity contribution is 5.81. The number of rotatable bonds is 21. The first-order chi connectivity index (χ1) is 17.5. The number of carbonyl (C=O) groups is 4. The molecule has 13 heteroatoms. The van der Waals surface area contributed by atoms with Gasteiger partial charge in [-0.05, 0) is 33.8 Å². The second kappa shape index (κ2) is 21.4. The van der Waals surface area contributed by atoms with Crippen LogP contribution in [0.3, 0.4) is 0 Å². The van der Waals surface area contributed by atoms with Gasteiger partial charge in [-0.25, -0.2) is 9.59 Å². The van der Waals surface area contributed by atoms with Crippen LogP contribution in [0.5, 0.6) is 0 Å². The average Bonchev–Trinajstić information content (AvgIpc) is 2.79. The van der Waals surface area contributed by atoms with E-state index >= 15 is 0 Å². The highest BCUT2D eigenvalue weighted by atomic mass is 16.6. The zero-order chi connectivity index (χ0) is 27.9. The lowest BCUT2D eigenvalue weighted by atomic mass is 10.2. The van der Waals surface area contributed by atoms with Gasteiger partial charge in [-0.3, -0.25) is 9.59 Å². The van der Waals surface area contributed by atoms with Crippen LogP contribution in [-0.2, 0) is 42.8 Å². The number of carboxylic acids is 1. The van der Waals surface area contributed by atoms with E-state index in [2.05, 4.69) is 10.6 Å². The Bertz CT molecular complexity index is 693. The Hall–Kier alpha value is -2.74. The Labute approximate surface area is 218 Å². The Morgan fingerprint density at radius 1 is 0.811 bits per heavy atom. The first-order valence-electron chi connectivity index (χ1n) is 12.1. The van der Waals surface area contributed by atoms with Crippen LogP contribution in [-0.4, -0.2) is 107 Å². The standard InChI is InChI=1S/C24H42N2O11/c1-19(26-23(31)37-24(2,3)4)22(30)36-11-6-5-10-32-13-15-34-17-18-35-16-14-33-12-8-20(27)25-9-7-21(28)29/h5-6,19H,7-18H2,1-4H3,(H,25,27)(H,26,31)(H,28,29)/b6-5+/t19-/m0/s1. The number of hydrogen-bond acceptors (Lipinski definition) is 10. The molecule has 3 N–H and O–H groups in total. The smallest absolute Gasteiger partial charge is 0.408 e. The fraction of sp³-hybridized carbons (Fsp3) is 0.750. The molecule has 0 rings (SSSR count). The van der Waals surface area contributed by atoms with Crippen molar-refractivity contribution in [1.82, 2.24) is 10.6 Å². The summed E-state index contributed by atoms with van der Waals surface area (Å²) in [6.07, 6.45) is 2.72. The Morgan fingerprint density at radius 2 is 1.35 bits per heavy atom. The summed E-state index contributed by atoms with van der Waals surface area (Å²) in [5.74, 6) is -1.79. The van der Waals surface area contributed by atoms with Gasteiger partial charge >= 0.3 is 18.0 Å². The summed E-state index contributed by atoms with van der Waals surface area (Å²) >= 11 is 0. The summed E-state index contributed by atoms with van der Waals surface area (Å²) in [4.78, 5) is 45.2. The van der Waals surface area contributed by atoms with Crippen molar-refractivity contribution >= 4 is 23.9 Å². The van der Waals surface area contributed by atoms with E-state index in [-0.39, 0.29) is 38.5 Å². The zero-order valence-electron chi connectivity index (χ0n) is 22.2. The first kappa shape index (κ1) is 34.3. The van der Waals surface area contributed by atoms with Gasteiger partial charge < -0.3 is 44.2 Å². The molecule has 0 saturated carbocycles. The molecule has 0 aromatic heterocycles. The molecule has 0 aromatic carbocycles. The zero-order valence-corrected chi connectivity index (χ0v) is 22.2. The topological polar surface area (TPSA) is 168 Å². The number of aliphatic carboxylic acids is 1. The van der Waals surface area contributed by atoms with Crippen LogP contribution in [0.1, 0.15) is 40.5 Å². The average molecular weight is 535 g/mol. The number of carboxylic acid groups (broad SMARTS) is 1. The van der Waals surface area contributed by atoms with Gasteiger partial charge in [0.2, 0.25) is 5.91 Å². The molecule has 0 aromatic rings. The van der Waals surface area contributed by atoms with Crippen molar-refractivity contribution in [2.24, 2.45) is 0 Å². The quantitative estimate of drug-likeness (QED) is 0.109. The van der Waals surface area contributed by atoms with E-state index in [0.29, 0.717) is 46.2 Å². The van der Waals surface area contributed by atoms with Gasteiger partial charge in [0.1, 0.15) is 18.2 Å². The number of amides is 2. The summed E-state index contributed by atoms with van der Waals surface area (Å²) in [5.41, 5.74) is -0.651. The number of ether oxygens (including phenoxy) is 6. The third kappa shape index (κ3) is 24.7. The van der Waals surface area contributed by atoms with Crippen LogP contribution < -0.4 is 10.6 Å². The molecule has 0 aliphatic carbocycles. The SMILES string of the molecule is C[C@H](NC(=O)OC(C)(C)C)C(=O)OC/C=C/COCCOCCOCCOCCC(=O)NCCC(=O)O. The first-order valence-corrected chi connectivity index (χ1v) is 12.1. The van der Waals surface area contributed by atoms with Gasteiger partial charge in [0.25, 0.3) is 0 Å². The lowest BCUT2D eigenvalue weighted by molar-refractivity contribution is -0.144. The molecule has 0 radical (unpaired) electrons. The van der Waals surface area contributed by atoms with Crippen LogP contribution in [0.25, 0.3) is 0 Å². The van der Waals surface area contributed by atoms with Gasteiger partial charge in [0.15, 0.2) is 0 Å². The van der Waals surface area contributed by atoms with Crippen LogP contribution >= 0.6 is 0 Å². The third-order valence-electron chi connectivity index (χ3n) is 4.04. The molecule has 37 heavy (non-hydrogen) atoms. The minimum absolute atomic E-state index is 0.0556. The van der Waals surface area contributed by atoms with Crippen LogP contribution in [0, 0.1) is 0 Å². The number of hydrogen-bond donors (Lipinski definition) is 3. The van der Waals surface area contributed by atoms with Crippen LogP contribution in [0.4, 0.5) is 4.79 Å². The highest BCUT2D eigenvalue weighted by Gasteiger charge is 2.21. The van der Waals surface area contributed by atoms with Crippen molar-refractivity contribution in [3.63, 3.8) is 0 Å². The summed E-state index contributed by atoms with van der Waals surface area (Å²) in [6, 6.07) is -0.829. The molecule has 0 spiro atoms. The molecule has 0 fully saturated rings. The molecule has 0 aliphatic rings. The maximum absolute atomic E-state index is 11.8. The van der Waals surface area contributed by atoms with E-state index < -0.39 is 29.7 Å². The largest absolute Gasteiger partial charge is 0.481 e. The molecule has 0 aliphatic heterocycles. The summed E-state index contributed by atoms with van der Waals surface area (Å²) in [6.45, 7) is 9.71. The Morgan fingerprint density at radius 3 is 1.92 bits per heavy atom. The van der Waals surface area contributed by atoms with Crippen molar-refractivity contribution in [3.8, 4) is 0 Å². The van der Waals surface area contributed by atoms with E-state index in [1.54, 1.807) is 32.9 Å². The molecular formula is C24H42N2O11. The lowest BCUT2D eigenvalue weighted by Gasteiger charge is -2.21. The Balaban J connectivity index is 3.47. The highest BCUT2D eigenvalue weighted by Crippen LogP contribution is 2.06. The van der Waals surface area contributed by atoms with Gasteiger partial charge in [-0.15, -0.1) is 0 Å². The molecule has 0 unspecified atom stereocenters. The second-order valence-electron chi connectivity index (χ2n) is 8.63. The minimum atomic E-state index is -0.960. The van der Waals surface area contributed by atoms with Crippen LogP contribution in [0.2, 0.25) is 0 Å². The predicted molar refractivity (Wildman–Crippen MR) is 132 cm³/mol. The molecule has 13 nitrogen and oxygen atoms in total. The number of esters is 1. The van der Waals surface area contributed by atoms with Crippen LogP contribution in [0.15, 0.2) is 12.2 Å². The normalized spacial score (nSPS) is 12.2. The minimum Gasteiger partial charge on any atom is -0.481 e. The summed E-state index contributed by atoms with van der Waals surface area (Å²) in [5, 5.41) is 13.4. The van der Waals surface area contributed by atoms with E-state index in [1.807, 2.05) is 0 Å². The van der Waals surface area contributed by atoms with E-state index in [1.165, 1.54) is 6.92 Å². The van der Waals surface area contributed by atoms with Crippen molar-refractivity contribution in [2.75, 3.05) is 66.0 Å². The monoisotopic (exact) mass is 534 g/mol. The van der Waals surface area contributed by atoms with Crippen molar-refractivity contribution in [1.29, 1.82) is 0 Å². The van der Waals surface area contributed by atoms with Gasteiger partial charge in [0, 0.05) is 13.0 Å². The molecule has 2 amide bonds. The van der Waals surface area contributed by atoms with Crippen molar-refractivity contribution in [3.05, 3.63) is 12.2 Å². The molecule has 0 heterocycles. The van der Waals surface area contributed by atoms with E-state index in [9.17, 15) is 19.2 Å². The second-order valence-corrected chi connectivity index (χ2v) is 8.63. The summed E-state index contributed by atoms with van der Waals surface area (Å²) < 4.78 is 31.5. The molecule has 1 atom stereocenters. The van der Waals surface area contributed by atoms with Gasteiger partial charge in [-0.1, -0.05) is 6.08 Å². The third-order valence-corrected chi connectivity index (χ3v) is 4.04. The van der Waals surface area contributed by atoms with E-state index in [4.69, 9.17) is 33.5 Å². The maximum atomic E-state index is 11.8. The fourth-order valence-electron chi connectivity index (χ4n) is 2.31. The van der Waals surface area contributed by atoms with E-state index in [0.717, 1.165) is 0 Å². The van der Waals surface area contributed by atoms with Crippen molar-refractivity contribution < 1.29 is 52.7 Å². The number of nitrogens with one attached hydrogen (secondary N) is 2. The molecule has 0 saturated heterocycles. The van der Waals surface area contributed by atoms with Crippen molar-refractivity contribution in [2.45, 2.75) is 52.2 Å². The lowest BCUT2D eigenvalue weighted by Crippen LogP contribution is -2.42. The van der Waals surface area contributed by atoms with Gasteiger partial charge in [0.05, 0.1) is 59.3 Å². The Kier molecular flexibility index (Phi) is 19.8.